The molecule has 0 aromatic carbocycles. The summed E-state index contributed by atoms with van der Waals surface area (Å²) in [5, 5.41) is 17.7. The molecule has 3 N–H and O–H groups in total. The van der Waals surface area contributed by atoms with Gasteiger partial charge in [-0.05, 0) is 62.5 Å². The fraction of sp³-hybridized carbons (Fsp3) is 0.714. The molecule has 0 unspecified atom stereocenters. The fourth-order valence-corrected chi connectivity index (χ4v) is 5.38. The molecule has 0 saturated heterocycles. The van der Waals surface area contributed by atoms with E-state index in [0.717, 1.165) is 37.7 Å². The number of pyridine rings is 1. The molecule has 1 aliphatic heterocycles. The van der Waals surface area contributed by atoms with Crippen molar-refractivity contribution in [2.24, 2.45) is 11.3 Å². The van der Waals surface area contributed by atoms with E-state index in [4.69, 9.17) is 14.5 Å². The zero-order valence-electron chi connectivity index (χ0n) is 21.8. The molecule has 1 spiro atoms. The Balaban J connectivity index is 1.42. The van der Waals surface area contributed by atoms with Gasteiger partial charge in [0.25, 0.3) is 0 Å². The lowest BCUT2D eigenvalue weighted by Gasteiger charge is -2.47. The van der Waals surface area contributed by atoms with Crippen LogP contribution in [-0.4, -0.2) is 53.0 Å². The highest BCUT2D eigenvalue weighted by Gasteiger charge is 2.47. The van der Waals surface area contributed by atoms with Gasteiger partial charge in [-0.1, -0.05) is 26.8 Å². The molecule has 1 aromatic rings. The summed E-state index contributed by atoms with van der Waals surface area (Å²) in [6.07, 6.45) is 9.26. The van der Waals surface area contributed by atoms with Crippen LogP contribution in [0.15, 0.2) is 24.9 Å². The molecule has 35 heavy (non-hydrogen) atoms. The molecular formula is C28H43N3O4. The van der Waals surface area contributed by atoms with Gasteiger partial charge in [0.1, 0.15) is 5.60 Å². The Labute approximate surface area is 210 Å². The topological polar surface area (TPSA) is 92.7 Å². The molecule has 7 nitrogen and oxygen atoms in total. The van der Waals surface area contributed by atoms with Crippen molar-refractivity contribution in [3.63, 3.8) is 0 Å². The van der Waals surface area contributed by atoms with Crippen molar-refractivity contribution in [2.45, 2.75) is 103 Å². The number of aromatic nitrogens is 1. The third-order valence-corrected chi connectivity index (χ3v) is 7.43. The van der Waals surface area contributed by atoms with Gasteiger partial charge in [-0.2, -0.15) is 0 Å². The minimum absolute atomic E-state index is 0.00634. The van der Waals surface area contributed by atoms with Crippen molar-refractivity contribution in [3.05, 3.63) is 36.0 Å². The van der Waals surface area contributed by atoms with Gasteiger partial charge in [0, 0.05) is 37.4 Å². The monoisotopic (exact) mass is 485 g/mol. The SMILES string of the molecule is C=CC[C@H](NC(=O)[C@H]1C[C@H]1OCC)[C@H](O)CN[C@H]1CC2(CCC2)Oc2ncc(CC(C)(C)C)cc21. The van der Waals surface area contributed by atoms with E-state index in [1.807, 2.05) is 13.1 Å². The zero-order valence-corrected chi connectivity index (χ0v) is 21.8. The number of aliphatic hydroxyl groups is 1. The molecule has 1 aromatic heterocycles. The first-order valence-corrected chi connectivity index (χ1v) is 13.3. The number of amides is 1. The van der Waals surface area contributed by atoms with Crippen LogP contribution in [0, 0.1) is 11.3 Å². The summed E-state index contributed by atoms with van der Waals surface area (Å²) in [4.78, 5) is 17.4. The first-order chi connectivity index (χ1) is 16.6. The maximum atomic E-state index is 12.7. The van der Waals surface area contributed by atoms with Gasteiger partial charge in [0.15, 0.2) is 0 Å². The number of nitrogens with zero attached hydrogens (tertiary/aromatic N) is 1. The lowest BCUT2D eigenvalue weighted by Crippen LogP contribution is -2.52. The van der Waals surface area contributed by atoms with E-state index >= 15 is 0 Å². The third-order valence-electron chi connectivity index (χ3n) is 7.43. The van der Waals surface area contributed by atoms with Crippen LogP contribution in [-0.2, 0) is 16.0 Å². The predicted octanol–water partition coefficient (Wildman–Crippen LogP) is 3.85. The van der Waals surface area contributed by atoms with Gasteiger partial charge in [-0.25, -0.2) is 4.98 Å². The Hall–Kier alpha value is -1.96. The Morgan fingerprint density at radius 3 is 2.83 bits per heavy atom. The zero-order chi connectivity index (χ0) is 25.2. The van der Waals surface area contributed by atoms with Crippen LogP contribution in [0.5, 0.6) is 5.88 Å². The third kappa shape index (κ3) is 6.43. The van der Waals surface area contributed by atoms with Crippen molar-refractivity contribution in [2.75, 3.05) is 13.2 Å². The van der Waals surface area contributed by atoms with Crippen LogP contribution >= 0.6 is 0 Å². The van der Waals surface area contributed by atoms with Crippen LogP contribution in [0.2, 0.25) is 0 Å². The number of fused-ring (bicyclic) bond motifs is 1. The highest BCUT2D eigenvalue weighted by Crippen LogP contribution is 2.48. The Morgan fingerprint density at radius 1 is 1.43 bits per heavy atom. The second kappa shape index (κ2) is 10.6. The molecule has 4 rings (SSSR count). The van der Waals surface area contributed by atoms with E-state index in [0.29, 0.717) is 25.5 Å². The lowest BCUT2D eigenvalue weighted by molar-refractivity contribution is -0.124. The highest BCUT2D eigenvalue weighted by atomic mass is 16.5. The fourth-order valence-electron chi connectivity index (χ4n) is 5.38. The number of aliphatic hydroxyl groups excluding tert-OH is 1. The quantitative estimate of drug-likeness (QED) is 0.412. The van der Waals surface area contributed by atoms with Gasteiger partial charge in [-0.15, -0.1) is 6.58 Å². The number of hydrogen-bond donors (Lipinski definition) is 3. The molecule has 5 atom stereocenters. The van der Waals surface area contributed by atoms with Gasteiger partial charge in [0.05, 0.1) is 24.2 Å². The van der Waals surface area contributed by atoms with Gasteiger partial charge < -0.3 is 25.2 Å². The molecule has 3 aliphatic rings. The van der Waals surface area contributed by atoms with Crippen LogP contribution in [0.25, 0.3) is 0 Å². The van der Waals surface area contributed by atoms with E-state index in [1.165, 1.54) is 12.0 Å². The number of hydrogen-bond acceptors (Lipinski definition) is 6. The van der Waals surface area contributed by atoms with E-state index in [-0.39, 0.29) is 35.0 Å². The van der Waals surface area contributed by atoms with E-state index < -0.39 is 12.1 Å². The Morgan fingerprint density at radius 2 is 2.20 bits per heavy atom. The molecule has 7 heteroatoms. The van der Waals surface area contributed by atoms with Crippen molar-refractivity contribution >= 4 is 5.91 Å². The standard InChI is InChI=1S/C28H43N3O4/c1-6-9-21(31-25(33)20-13-24(20)34-7-2)23(32)17-29-22-15-28(10-8-11-28)35-26-19(22)12-18(16-30-26)14-27(3,4)5/h6,12,16,20-24,29,32H,1,7-11,13-15,17H2,2-5H3,(H,31,33)/t20-,21-,22-,23+,24+/m0/s1. The van der Waals surface area contributed by atoms with E-state index in [2.05, 4.69) is 44.1 Å². The maximum Gasteiger partial charge on any atom is 0.226 e. The van der Waals surface area contributed by atoms with Crippen molar-refractivity contribution < 1.29 is 19.4 Å². The second-order valence-electron chi connectivity index (χ2n) is 11.8. The summed E-state index contributed by atoms with van der Waals surface area (Å²) >= 11 is 0. The summed E-state index contributed by atoms with van der Waals surface area (Å²) in [6, 6.07) is 1.87. The molecule has 194 valence electrons. The molecule has 0 radical (unpaired) electrons. The number of rotatable bonds is 11. The summed E-state index contributed by atoms with van der Waals surface area (Å²) in [7, 11) is 0. The number of carbonyl (C=O) groups is 1. The van der Waals surface area contributed by atoms with Crippen LogP contribution < -0.4 is 15.4 Å². The van der Waals surface area contributed by atoms with Gasteiger partial charge in [0.2, 0.25) is 11.8 Å². The van der Waals surface area contributed by atoms with Crippen LogP contribution in [0.3, 0.4) is 0 Å². The minimum atomic E-state index is -0.740. The Kier molecular flexibility index (Phi) is 7.89. The maximum absolute atomic E-state index is 12.7. The van der Waals surface area contributed by atoms with E-state index in [1.54, 1.807) is 6.08 Å². The van der Waals surface area contributed by atoms with E-state index in [9.17, 15) is 9.90 Å². The molecule has 2 fully saturated rings. The summed E-state index contributed by atoms with van der Waals surface area (Å²) in [5.74, 6) is 0.554. The van der Waals surface area contributed by atoms with Gasteiger partial charge >= 0.3 is 0 Å². The minimum Gasteiger partial charge on any atom is -0.471 e. The molecule has 1 amide bonds. The summed E-state index contributed by atoms with van der Waals surface area (Å²) in [6.45, 7) is 13.4. The second-order valence-corrected chi connectivity index (χ2v) is 11.8. The van der Waals surface area contributed by atoms with Crippen molar-refractivity contribution in [1.82, 2.24) is 15.6 Å². The first kappa shape index (κ1) is 26.1. The molecule has 2 saturated carbocycles. The summed E-state index contributed by atoms with van der Waals surface area (Å²) < 4.78 is 11.9. The smallest absolute Gasteiger partial charge is 0.226 e. The number of ether oxygens (including phenoxy) is 2. The van der Waals surface area contributed by atoms with Crippen molar-refractivity contribution in [3.8, 4) is 5.88 Å². The predicted molar refractivity (Wildman–Crippen MR) is 136 cm³/mol. The normalized spacial score (nSPS) is 26.1. The van der Waals surface area contributed by atoms with Crippen LogP contribution in [0.4, 0.5) is 0 Å². The molecule has 2 aliphatic carbocycles. The average molecular weight is 486 g/mol. The lowest BCUT2D eigenvalue weighted by atomic mass is 9.73. The summed E-state index contributed by atoms with van der Waals surface area (Å²) in [5.41, 5.74) is 2.28. The molecule has 0 bridgehead atoms. The van der Waals surface area contributed by atoms with Crippen LogP contribution in [0.1, 0.15) is 83.4 Å². The molecular weight excluding hydrogens is 442 g/mol. The number of carbonyl (C=O) groups excluding carboxylic acids is 1. The Bertz CT molecular complexity index is 908. The van der Waals surface area contributed by atoms with Crippen molar-refractivity contribution in [1.29, 1.82) is 0 Å². The first-order valence-electron chi connectivity index (χ1n) is 13.3. The average Bonchev–Trinajstić information content (AvgIpc) is 3.54. The highest BCUT2D eigenvalue weighted by molar-refractivity contribution is 5.82. The van der Waals surface area contributed by atoms with Gasteiger partial charge in [-0.3, -0.25) is 4.79 Å². The molecule has 2 heterocycles. The largest absolute Gasteiger partial charge is 0.471 e. The number of nitrogens with one attached hydrogen (secondary N) is 2.